The van der Waals surface area contributed by atoms with Gasteiger partial charge in [-0.2, -0.15) is 0 Å². The van der Waals surface area contributed by atoms with Gasteiger partial charge in [0, 0.05) is 26.2 Å². The van der Waals surface area contributed by atoms with E-state index in [4.69, 9.17) is 21.7 Å². The van der Waals surface area contributed by atoms with Gasteiger partial charge in [-0.25, -0.2) is 0 Å². The summed E-state index contributed by atoms with van der Waals surface area (Å²) >= 11 is 6.67. The molecule has 1 N–H and O–H groups in total. The molecule has 2 heterocycles. The van der Waals surface area contributed by atoms with Crippen LogP contribution in [0.15, 0.2) is 23.1 Å². The second-order valence-corrected chi connectivity index (χ2v) is 7.39. The van der Waals surface area contributed by atoms with Crippen molar-refractivity contribution in [3.05, 3.63) is 28.7 Å². The van der Waals surface area contributed by atoms with Gasteiger partial charge < -0.3 is 14.6 Å². The second kappa shape index (κ2) is 8.18. The number of hydrogen-bond acceptors (Lipinski definition) is 7. The van der Waals surface area contributed by atoms with Crippen molar-refractivity contribution in [2.24, 2.45) is 0 Å². The minimum Gasteiger partial charge on any atom is -0.504 e. The van der Waals surface area contributed by atoms with Crippen LogP contribution in [0.25, 0.3) is 6.08 Å². The quantitative estimate of drug-likeness (QED) is 0.619. The van der Waals surface area contributed by atoms with Crippen molar-refractivity contribution >= 4 is 40.3 Å². The largest absolute Gasteiger partial charge is 0.504 e. The Bertz CT molecular complexity index is 702. The van der Waals surface area contributed by atoms with Crippen LogP contribution < -0.4 is 4.74 Å². The van der Waals surface area contributed by atoms with Gasteiger partial charge in [-0.15, -0.1) is 0 Å². The lowest BCUT2D eigenvalue weighted by Gasteiger charge is -2.28. The van der Waals surface area contributed by atoms with Crippen LogP contribution in [0.1, 0.15) is 5.56 Å². The van der Waals surface area contributed by atoms with E-state index in [1.54, 1.807) is 29.2 Å². The first-order chi connectivity index (χ1) is 12.1. The Labute approximate surface area is 156 Å². The predicted octanol–water partition coefficient (Wildman–Crippen LogP) is 1.93. The summed E-state index contributed by atoms with van der Waals surface area (Å²) < 4.78 is 11.0. The van der Waals surface area contributed by atoms with Gasteiger partial charge in [0.25, 0.3) is 5.91 Å². The Morgan fingerprint density at radius 2 is 2.12 bits per heavy atom. The molecule has 0 bridgehead atoms. The Morgan fingerprint density at radius 3 is 2.84 bits per heavy atom. The molecule has 0 unspecified atom stereocenters. The van der Waals surface area contributed by atoms with E-state index in [0.29, 0.717) is 21.5 Å². The molecule has 0 aliphatic carbocycles. The number of ether oxygens (including phenoxy) is 2. The van der Waals surface area contributed by atoms with Crippen molar-refractivity contribution in [2.75, 3.05) is 46.5 Å². The number of morpholine rings is 1. The first-order valence-electron chi connectivity index (χ1n) is 8.01. The Kier molecular flexibility index (Phi) is 5.95. The number of aromatic hydroxyl groups is 1. The van der Waals surface area contributed by atoms with Gasteiger partial charge in [-0.1, -0.05) is 30.0 Å². The summed E-state index contributed by atoms with van der Waals surface area (Å²) in [6.45, 7) is 4.62. The molecule has 6 nitrogen and oxygen atoms in total. The van der Waals surface area contributed by atoms with E-state index in [1.165, 1.54) is 18.9 Å². The third kappa shape index (κ3) is 4.33. The molecule has 134 valence electrons. The van der Waals surface area contributed by atoms with Crippen molar-refractivity contribution in [3.8, 4) is 11.5 Å². The summed E-state index contributed by atoms with van der Waals surface area (Å²) in [5.41, 5.74) is 0.781. The zero-order valence-corrected chi connectivity index (χ0v) is 15.6. The van der Waals surface area contributed by atoms with E-state index in [1.807, 2.05) is 0 Å². The third-order valence-corrected chi connectivity index (χ3v) is 5.50. The first-order valence-corrected chi connectivity index (χ1v) is 9.23. The predicted molar refractivity (Wildman–Crippen MR) is 102 cm³/mol. The Balaban J connectivity index is 1.67. The maximum absolute atomic E-state index is 12.6. The number of carbonyl (C=O) groups is 1. The highest BCUT2D eigenvalue weighted by molar-refractivity contribution is 8.26. The zero-order valence-electron chi connectivity index (χ0n) is 13.9. The van der Waals surface area contributed by atoms with Crippen LogP contribution in [0.2, 0.25) is 0 Å². The third-order valence-electron chi connectivity index (χ3n) is 4.12. The van der Waals surface area contributed by atoms with Gasteiger partial charge in [-0.3, -0.25) is 14.6 Å². The maximum Gasteiger partial charge on any atom is 0.266 e. The molecular formula is C17H20N2O4S2. The number of amides is 1. The summed E-state index contributed by atoms with van der Waals surface area (Å²) in [6, 6.07) is 4.97. The van der Waals surface area contributed by atoms with Crippen molar-refractivity contribution in [1.29, 1.82) is 0 Å². The van der Waals surface area contributed by atoms with Gasteiger partial charge in [0.05, 0.1) is 25.2 Å². The lowest BCUT2D eigenvalue weighted by atomic mass is 10.2. The zero-order chi connectivity index (χ0) is 17.8. The maximum atomic E-state index is 12.6. The van der Waals surface area contributed by atoms with E-state index in [-0.39, 0.29) is 11.7 Å². The molecule has 0 radical (unpaired) electrons. The molecule has 1 aromatic carbocycles. The molecule has 2 aliphatic rings. The van der Waals surface area contributed by atoms with Crippen LogP contribution in [0.4, 0.5) is 0 Å². The lowest BCUT2D eigenvalue weighted by Crippen LogP contribution is -2.42. The molecule has 2 aliphatic heterocycles. The van der Waals surface area contributed by atoms with Gasteiger partial charge >= 0.3 is 0 Å². The highest BCUT2D eigenvalue weighted by Crippen LogP contribution is 2.34. The molecular weight excluding hydrogens is 360 g/mol. The number of phenolic OH excluding ortho intramolecular Hbond substituents is 1. The minimum absolute atomic E-state index is 0.0673. The van der Waals surface area contributed by atoms with Gasteiger partial charge in [0.1, 0.15) is 4.32 Å². The number of thioether (sulfide) groups is 1. The topological polar surface area (TPSA) is 62.2 Å². The number of rotatable bonds is 5. The Hall–Kier alpha value is -1.61. The number of thiocarbonyl (C=S) groups is 1. The van der Waals surface area contributed by atoms with Crippen LogP contribution in [0.3, 0.4) is 0 Å². The molecule has 0 saturated carbocycles. The van der Waals surface area contributed by atoms with E-state index >= 15 is 0 Å². The fourth-order valence-electron chi connectivity index (χ4n) is 2.69. The van der Waals surface area contributed by atoms with Crippen LogP contribution in [-0.2, 0) is 9.53 Å². The molecule has 2 saturated heterocycles. The minimum atomic E-state index is -0.0738. The summed E-state index contributed by atoms with van der Waals surface area (Å²) in [7, 11) is 1.49. The van der Waals surface area contributed by atoms with E-state index in [9.17, 15) is 9.90 Å². The average molecular weight is 380 g/mol. The van der Waals surface area contributed by atoms with Crippen LogP contribution in [0, 0.1) is 0 Å². The average Bonchev–Trinajstić information content (AvgIpc) is 2.89. The van der Waals surface area contributed by atoms with E-state index in [2.05, 4.69) is 4.90 Å². The highest BCUT2D eigenvalue weighted by atomic mass is 32.2. The van der Waals surface area contributed by atoms with E-state index < -0.39 is 0 Å². The lowest BCUT2D eigenvalue weighted by molar-refractivity contribution is -0.122. The number of hydrogen-bond donors (Lipinski definition) is 1. The molecule has 3 rings (SSSR count). The number of phenols is 1. The van der Waals surface area contributed by atoms with Gasteiger partial charge in [0.2, 0.25) is 0 Å². The fraction of sp³-hybridized carbons (Fsp3) is 0.412. The monoisotopic (exact) mass is 380 g/mol. The number of nitrogens with zero attached hydrogens (tertiary/aromatic N) is 2. The van der Waals surface area contributed by atoms with Gasteiger partial charge in [0.15, 0.2) is 11.5 Å². The molecule has 0 spiro atoms. The smallest absolute Gasteiger partial charge is 0.266 e. The number of carbonyl (C=O) groups excluding carboxylic acids is 1. The molecule has 1 amide bonds. The summed E-state index contributed by atoms with van der Waals surface area (Å²) in [5.74, 6) is 0.365. The van der Waals surface area contributed by atoms with Crippen molar-refractivity contribution in [2.45, 2.75) is 0 Å². The van der Waals surface area contributed by atoms with Crippen molar-refractivity contribution in [1.82, 2.24) is 9.80 Å². The number of methoxy groups -OCH3 is 1. The molecule has 1 aromatic rings. The van der Waals surface area contributed by atoms with Crippen LogP contribution in [0.5, 0.6) is 11.5 Å². The Morgan fingerprint density at radius 1 is 1.36 bits per heavy atom. The molecule has 8 heteroatoms. The second-order valence-electron chi connectivity index (χ2n) is 5.72. The fourth-order valence-corrected chi connectivity index (χ4v) is 4.00. The highest BCUT2D eigenvalue weighted by Gasteiger charge is 2.32. The molecule has 0 atom stereocenters. The molecule has 25 heavy (non-hydrogen) atoms. The normalized spacial score (nSPS) is 20.5. The standard InChI is InChI=1S/C17H20N2O4S2/c1-22-14-10-12(2-3-13(14)20)11-15-16(21)19(17(24)25-15)5-4-18-6-8-23-9-7-18/h2-3,10-11,20H,4-9H2,1H3/b15-11+. The molecule has 2 fully saturated rings. The van der Waals surface area contributed by atoms with Crippen molar-refractivity contribution in [3.63, 3.8) is 0 Å². The number of benzene rings is 1. The molecule has 0 aromatic heterocycles. The van der Waals surface area contributed by atoms with Crippen LogP contribution >= 0.6 is 24.0 Å². The first kappa shape index (κ1) is 18.2. The van der Waals surface area contributed by atoms with Crippen LogP contribution in [-0.4, -0.2) is 71.6 Å². The van der Waals surface area contributed by atoms with E-state index in [0.717, 1.165) is 38.4 Å². The summed E-state index contributed by atoms with van der Waals surface area (Å²) in [4.78, 5) is 17.1. The summed E-state index contributed by atoms with van der Waals surface area (Å²) in [6.07, 6.45) is 1.77. The van der Waals surface area contributed by atoms with Crippen molar-refractivity contribution < 1.29 is 19.4 Å². The SMILES string of the molecule is COc1cc(/C=C2/SC(=S)N(CCN3CCOCC3)C2=O)ccc1O. The van der Waals surface area contributed by atoms with Gasteiger partial charge in [-0.05, 0) is 23.8 Å². The summed E-state index contributed by atoms with van der Waals surface area (Å²) in [5, 5.41) is 9.67.